The van der Waals surface area contributed by atoms with Gasteiger partial charge >= 0.3 is 0 Å². The van der Waals surface area contributed by atoms with E-state index in [0.717, 1.165) is 29.3 Å². The number of hydrogen-bond acceptors (Lipinski definition) is 2. The van der Waals surface area contributed by atoms with Gasteiger partial charge in [-0.15, -0.1) is 0 Å². The largest absolute Gasteiger partial charge is 0.370 e. The second-order valence-corrected chi connectivity index (χ2v) is 5.12. The lowest BCUT2D eigenvalue weighted by Crippen LogP contribution is -2.19. The summed E-state index contributed by atoms with van der Waals surface area (Å²) < 4.78 is 7.40. The van der Waals surface area contributed by atoms with Gasteiger partial charge in [0, 0.05) is 41.3 Å². The molecule has 1 aliphatic heterocycles. The van der Waals surface area contributed by atoms with Crippen molar-refractivity contribution in [3.63, 3.8) is 0 Å². The van der Waals surface area contributed by atoms with Crippen molar-refractivity contribution in [2.24, 2.45) is 7.05 Å². The fourth-order valence-corrected chi connectivity index (χ4v) is 2.68. The zero-order chi connectivity index (χ0) is 12.7. The average molecular weight is 264 g/mol. The molecule has 2 heterocycles. The number of Topliss-reactive ketones (excluding diaryl/α,β-unsaturated/α-hetero) is 1. The summed E-state index contributed by atoms with van der Waals surface area (Å²) in [5, 5.41) is 1.63. The van der Waals surface area contributed by atoms with Crippen LogP contribution in [0.2, 0.25) is 5.02 Å². The Morgan fingerprint density at radius 1 is 1.50 bits per heavy atom. The smallest absolute Gasteiger partial charge is 0.193 e. The van der Waals surface area contributed by atoms with Gasteiger partial charge in [-0.2, -0.15) is 0 Å². The molecular formula is C14H14ClNO2. The van der Waals surface area contributed by atoms with E-state index in [1.54, 1.807) is 0 Å². The van der Waals surface area contributed by atoms with E-state index in [1.807, 2.05) is 36.0 Å². The van der Waals surface area contributed by atoms with Crippen LogP contribution in [0.5, 0.6) is 0 Å². The minimum absolute atomic E-state index is 0.0837. The molecule has 18 heavy (non-hydrogen) atoms. The van der Waals surface area contributed by atoms with Gasteiger partial charge in [0.2, 0.25) is 0 Å². The molecule has 0 bridgehead atoms. The van der Waals surface area contributed by atoms with Crippen LogP contribution in [0, 0.1) is 0 Å². The molecule has 1 atom stereocenters. The Morgan fingerprint density at radius 2 is 2.33 bits per heavy atom. The molecule has 2 aromatic rings. The zero-order valence-corrected chi connectivity index (χ0v) is 10.9. The summed E-state index contributed by atoms with van der Waals surface area (Å²) in [5.74, 6) is 0.0837. The van der Waals surface area contributed by atoms with Crippen LogP contribution in [-0.2, 0) is 11.8 Å². The molecule has 1 fully saturated rings. The van der Waals surface area contributed by atoms with Gasteiger partial charge in [0.05, 0.1) is 0 Å². The van der Waals surface area contributed by atoms with Gasteiger partial charge in [0.15, 0.2) is 5.78 Å². The molecule has 1 unspecified atom stereocenters. The highest BCUT2D eigenvalue weighted by Gasteiger charge is 2.27. The molecule has 0 amide bonds. The topological polar surface area (TPSA) is 31.2 Å². The molecular weight excluding hydrogens is 250 g/mol. The molecule has 1 aliphatic rings. The third-order valence-electron chi connectivity index (χ3n) is 3.44. The second-order valence-electron chi connectivity index (χ2n) is 4.68. The van der Waals surface area contributed by atoms with Gasteiger partial charge in [-0.3, -0.25) is 4.79 Å². The van der Waals surface area contributed by atoms with Crippen molar-refractivity contribution >= 4 is 28.3 Å². The van der Waals surface area contributed by atoms with Crippen LogP contribution in [0.1, 0.15) is 23.2 Å². The first-order valence-electron chi connectivity index (χ1n) is 6.07. The fourth-order valence-electron chi connectivity index (χ4n) is 2.51. The average Bonchev–Trinajstić information content (AvgIpc) is 2.97. The lowest BCUT2D eigenvalue weighted by atomic mass is 10.0. The molecule has 4 heteroatoms. The van der Waals surface area contributed by atoms with E-state index in [9.17, 15) is 4.79 Å². The SMILES string of the molecule is Cn1cc(C(=O)C2CCCO2)c2ccc(Cl)cc21. The number of ketones is 1. The van der Waals surface area contributed by atoms with Crippen LogP contribution < -0.4 is 0 Å². The number of rotatable bonds is 2. The van der Waals surface area contributed by atoms with Crippen LogP contribution in [0.3, 0.4) is 0 Å². The number of nitrogens with zero attached hydrogens (tertiary/aromatic N) is 1. The normalized spacial score (nSPS) is 19.6. The Bertz CT molecular complexity index is 612. The highest BCUT2D eigenvalue weighted by Crippen LogP contribution is 2.27. The quantitative estimate of drug-likeness (QED) is 0.779. The van der Waals surface area contributed by atoms with Crippen LogP contribution in [-0.4, -0.2) is 23.1 Å². The number of fused-ring (bicyclic) bond motifs is 1. The lowest BCUT2D eigenvalue weighted by molar-refractivity contribution is 0.0644. The Balaban J connectivity index is 2.09. The maximum Gasteiger partial charge on any atom is 0.193 e. The van der Waals surface area contributed by atoms with E-state index >= 15 is 0 Å². The van der Waals surface area contributed by atoms with E-state index in [-0.39, 0.29) is 11.9 Å². The first-order chi connectivity index (χ1) is 8.66. The highest BCUT2D eigenvalue weighted by molar-refractivity contribution is 6.31. The molecule has 3 nitrogen and oxygen atoms in total. The van der Waals surface area contributed by atoms with E-state index in [2.05, 4.69) is 0 Å². The predicted octanol–water partition coefficient (Wildman–Crippen LogP) is 3.19. The van der Waals surface area contributed by atoms with Gasteiger partial charge in [-0.05, 0) is 25.0 Å². The summed E-state index contributed by atoms with van der Waals surface area (Å²) >= 11 is 5.98. The molecule has 0 N–H and O–H groups in total. The number of hydrogen-bond donors (Lipinski definition) is 0. The van der Waals surface area contributed by atoms with Crippen molar-refractivity contribution in [1.29, 1.82) is 0 Å². The van der Waals surface area contributed by atoms with Crippen LogP contribution in [0.4, 0.5) is 0 Å². The van der Waals surface area contributed by atoms with E-state index < -0.39 is 0 Å². The van der Waals surface area contributed by atoms with Crippen molar-refractivity contribution in [2.45, 2.75) is 18.9 Å². The fraction of sp³-hybridized carbons (Fsp3) is 0.357. The Labute approximate surface area is 110 Å². The van der Waals surface area contributed by atoms with Crippen molar-refractivity contribution in [3.05, 3.63) is 35.0 Å². The standard InChI is InChI=1S/C14H14ClNO2/c1-16-8-11(14(17)13-3-2-6-18-13)10-5-4-9(15)7-12(10)16/h4-5,7-8,13H,2-3,6H2,1H3. The Hall–Kier alpha value is -1.32. The molecule has 0 radical (unpaired) electrons. The van der Waals surface area contributed by atoms with E-state index in [0.29, 0.717) is 11.6 Å². The van der Waals surface area contributed by atoms with E-state index in [4.69, 9.17) is 16.3 Å². The molecule has 1 saturated heterocycles. The summed E-state index contributed by atoms with van der Waals surface area (Å²) in [6, 6.07) is 5.60. The van der Waals surface area contributed by atoms with Crippen LogP contribution >= 0.6 is 11.6 Å². The minimum Gasteiger partial charge on any atom is -0.370 e. The van der Waals surface area contributed by atoms with Crippen molar-refractivity contribution < 1.29 is 9.53 Å². The third-order valence-corrected chi connectivity index (χ3v) is 3.68. The van der Waals surface area contributed by atoms with Gasteiger partial charge in [-0.1, -0.05) is 17.7 Å². The first kappa shape index (κ1) is 11.8. The zero-order valence-electron chi connectivity index (χ0n) is 10.1. The maximum absolute atomic E-state index is 12.4. The molecule has 0 saturated carbocycles. The van der Waals surface area contributed by atoms with Crippen molar-refractivity contribution in [3.8, 4) is 0 Å². The number of benzene rings is 1. The molecule has 0 spiro atoms. The van der Waals surface area contributed by atoms with E-state index in [1.165, 1.54) is 0 Å². The number of aromatic nitrogens is 1. The summed E-state index contributed by atoms with van der Waals surface area (Å²) in [6.07, 6.45) is 3.38. The Kier molecular flexibility index (Phi) is 2.88. The number of carbonyl (C=O) groups excluding carboxylic acids is 1. The molecule has 0 aliphatic carbocycles. The summed E-state index contributed by atoms with van der Waals surface area (Å²) in [7, 11) is 1.92. The first-order valence-corrected chi connectivity index (χ1v) is 6.45. The number of aryl methyl sites for hydroxylation is 1. The number of ether oxygens (including phenoxy) is 1. The molecule has 94 valence electrons. The highest BCUT2D eigenvalue weighted by atomic mass is 35.5. The number of carbonyl (C=O) groups is 1. The third kappa shape index (κ3) is 1.84. The summed E-state index contributed by atoms with van der Waals surface area (Å²) in [6.45, 7) is 0.688. The van der Waals surface area contributed by atoms with Crippen LogP contribution in [0.15, 0.2) is 24.4 Å². The predicted molar refractivity (Wildman–Crippen MR) is 71.2 cm³/mol. The molecule has 3 rings (SSSR count). The molecule has 1 aromatic carbocycles. The van der Waals surface area contributed by atoms with Crippen molar-refractivity contribution in [2.75, 3.05) is 6.61 Å². The van der Waals surface area contributed by atoms with Gasteiger partial charge in [0.1, 0.15) is 6.10 Å². The van der Waals surface area contributed by atoms with Gasteiger partial charge in [-0.25, -0.2) is 0 Å². The molecule has 1 aromatic heterocycles. The van der Waals surface area contributed by atoms with Gasteiger partial charge < -0.3 is 9.30 Å². The van der Waals surface area contributed by atoms with Gasteiger partial charge in [0.25, 0.3) is 0 Å². The second kappa shape index (κ2) is 4.41. The summed E-state index contributed by atoms with van der Waals surface area (Å²) in [5.41, 5.74) is 1.71. The number of halogens is 1. The Morgan fingerprint density at radius 3 is 3.06 bits per heavy atom. The minimum atomic E-state index is -0.272. The summed E-state index contributed by atoms with van der Waals surface area (Å²) in [4.78, 5) is 12.4. The van der Waals surface area contributed by atoms with Crippen molar-refractivity contribution in [1.82, 2.24) is 4.57 Å². The lowest BCUT2D eigenvalue weighted by Gasteiger charge is -2.06. The van der Waals surface area contributed by atoms with Crippen LogP contribution in [0.25, 0.3) is 10.9 Å². The monoisotopic (exact) mass is 263 g/mol. The maximum atomic E-state index is 12.4.